The van der Waals surface area contributed by atoms with Gasteiger partial charge in [-0.1, -0.05) is 20.8 Å². The van der Waals surface area contributed by atoms with E-state index < -0.39 is 17.2 Å². The fraction of sp³-hybridized carbons (Fsp3) is 0.429. The maximum atomic E-state index is 13.5. The van der Waals surface area contributed by atoms with Gasteiger partial charge in [0.15, 0.2) is 0 Å². The molecule has 1 fully saturated rings. The predicted molar refractivity (Wildman–Crippen MR) is 111 cm³/mol. The summed E-state index contributed by atoms with van der Waals surface area (Å²) in [4.78, 5) is 34.9. The van der Waals surface area contributed by atoms with Gasteiger partial charge in [-0.15, -0.1) is 0 Å². The molecule has 160 valence electrons. The van der Waals surface area contributed by atoms with Crippen LogP contribution in [0.5, 0.6) is 0 Å². The number of hydrogen-bond donors (Lipinski definition) is 2. The molecular formula is C21H25F2N5O2. The van der Waals surface area contributed by atoms with Gasteiger partial charge in [-0.25, -0.2) is 13.8 Å². The van der Waals surface area contributed by atoms with Gasteiger partial charge in [-0.3, -0.25) is 14.6 Å². The zero-order valence-corrected chi connectivity index (χ0v) is 17.2. The minimum absolute atomic E-state index is 0.193. The first-order chi connectivity index (χ1) is 14.0. The molecule has 0 aliphatic carbocycles. The first-order valence-corrected chi connectivity index (χ1v) is 9.71. The number of amides is 2. The van der Waals surface area contributed by atoms with Crippen LogP contribution >= 0.6 is 0 Å². The lowest BCUT2D eigenvalue weighted by Crippen LogP contribution is -2.39. The van der Waals surface area contributed by atoms with Gasteiger partial charge in [-0.05, 0) is 18.2 Å². The third-order valence-electron chi connectivity index (χ3n) is 4.83. The third-order valence-corrected chi connectivity index (χ3v) is 4.83. The highest BCUT2D eigenvalue weighted by Gasteiger charge is 2.34. The van der Waals surface area contributed by atoms with Crippen molar-refractivity contribution in [2.75, 3.05) is 28.6 Å². The molecule has 1 aliphatic rings. The number of pyridine rings is 2. The molecule has 1 aliphatic heterocycles. The molecule has 3 heterocycles. The number of rotatable bonds is 4. The van der Waals surface area contributed by atoms with Crippen molar-refractivity contribution in [1.29, 1.82) is 0 Å². The van der Waals surface area contributed by atoms with Crippen molar-refractivity contribution >= 4 is 29.0 Å². The number of alkyl halides is 2. The molecule has 0 unspecified atom stereocenters. The largest absolute Gasteiger partial charge is 0.369 e. The molecule has 3 rings (SSSR count). The van der Waals surface area contributed by atoms with Gasteiger partial charge in [0.05, 0.1) is 17.6 Å². The summed E-state index contributed by atoms with van der Waals surface area (Å²) in [6.45, 7) is 5.72. The molecular weight excluding hydrogens is 392 g/mol. The zero-order chi connectivity index (χ0) is 21.9. The number of aromatic nitrogens is 2. The van der Waals surface area contributed by atoms with Crippen LogP contribution in [-0.2, 0) is 4.79 Å². The summed E-state index contributed by atoms with van der Waals surface area (Å²) in [7, 11) is 0. The number of halogens is 2. The number of anilines is 3. The van der Waals surface area contributed by atoms with E-state index in [4.69, 9.17) is 0 Å². The Morgan fingerprint density at radius 2 is 1.80 bits per heavy atom. The maximum absolute atomic E-state index is 13.5. The van der Waals surface area contributed by atoms with Crippen LogP contribution < -0.4 is 15.5 Å². The molecule has 0 atom stereocenters. The minimum Gasteiger partial charge on any atom is -0.369 e. The molecule has 2 amide bonds. The normalized spacial score (nSPS) is 16.1. The summed E-state index contributed by atoms with van der Waals surface area (Å²) in [5.41, 5.74) is 0.777. The van der Waals surface area contributed by atoms with Gasteiger partial charge in [-0.2, -0.15) is 0 Å². The van der Waals surface area contributed by atoms with E-state index in [9.17, 15) is 18.4 Å². The van der Waals surface area contributed by atoms with Crippen molar-refractivity contribution in [3.63, 3.8) is 0 Å². The predicted octanol–water partition coefficient (Wildman–Crippen LogP) is 3.95. The second kappa shape index (κ2) is 8.33. The van der Waals surface area contributed by atoms with E-state index in [2.05, 4.69) is 20.6 Å². The Hall–Kier alpha value is -3.10. The van der Waals surface area contributed by atoms with E-state index in [-0.39, 0.29) is 37.7 Å². The zero-order valence-electron chi connectivity index (χ0n) is 17.2. The number of nitrogens with zero attached hydrogens (tertiary/aromatic N) is 3. The molecule has 1 saturated heterocycles. The van der Waals surface area contributed by atoms with Crippen molar-refractivity contribution in [1.82, 2.24) is 9.97 Å². The number of piperidine rings is 1. The molecule has 0 radical (unpaired) electrons. The number of carbonyl (C=O) groups is 2. The van der Waals surface area contributed by atoms with Crippen LogP contribution in [0.1, 0.15) is 44.0 Å². The molecule has 2 aromatic rings. The Bertz CT molecular complexity index is 933. The van der Waals surface area contributed by atoms with Crippen LogP contribution in [0.3, 0.4) is 0 Å². The first-order valence-electron chi connectivity index (χ1n) is 9.71. The lowest BCUT2D eigenvalue weighted by Gasteiger charge is -2.34. The molecule has 2 aromatic heterocycles. The Balaban J connectivity index is 1.74. The molecule has 2 N–H and O–H groups in total. The third kappa shape index (κ3) is 5.28. The summed E-state index contributed by atoms with van der Waals surface area (Å²) in [6, 6.07) is 4.70. The average molecular weight is 417 g/mol. The summed E-state index contributed by atoms with van der Waals surface area (Å²) in [6.07, 6.45) is 4.02. The van der Waals surface area contributed by atoms with Crippen molar-refractivity contribution < 1.29 is 18.4 Å². The van der Waals surface area contributed by atoms with Gasteiger partial charge in [0.1, 0.15) is 5.82 Å². The second-order valence-corrected chi connectivity index (χ2v) is 8.32. The Kier molecular flexibility index (Phi) is 6.00. The second-order valence-electron chi connectivity index (χ2n) is 8.32. The van der Waals surface area contributed by atoms with Gasteiger partial charge < -0.3 is 15.5 Å². The average Bonchev–Trinajstić information content (AvgIpc) is 2.68. The topological polar surface area (TPSA) is 87.2 Å². The molecule has 7 nitrogen and oxygen atoms in total. The maximum Gasteiger partial charge on any atom is 0.255 e. The van der Waals surface area contributed by atoms with Crippen LogP contribution in [0.4, 0.5) is 26.0 Å². The van der Waals surface area contributed by atoms with Crippen LogP contribution in [0.2, 0.25) is 0 Å². The summed E-state index contributed by atoms with van der Waals surface area (Å²) >= 11 is 0. The van der Waals surface area contributed by atoms with E-state index in [1.807, 2.05) is 4.90 Å². The van der Waals surface area contributed by atoms with Gasteiger partial charge in [0, 0.05) is 49.3 Å². The summed E-state index contributed by atoms with van der Waals surface area (Å²) in [5, 5.41) is 5.47. The van der Waals surface area contributed by atoms with E-state index in [1.54, 1.807) is 33.0 Å². The molecule has 0 bridgehead atoms. The fourth-order valence-electron chi connectivity index (χ4n) is 2.97. The summed E-state index contributed by atoms with van der Waals surface area (Å²) in [5.74, 6) is -3.02. The van der Waals surface area contributed by atoms with Crippen molar-refractivity contribution in [3.8, 4) is 0 Å². The Labute approximate surface area is 173 Å². The lowest BCUT2D eigenvalue weighted by atomic mass is 9.96. The lowest BCUT2D eigenvalue weighted by molar-refractivity contribution is -0.123. The SMILES string of the molecule is CC(C)(C)C(=O)Nc1cc(C(=O)Nc2cnccc2N2CCC(F)(F)CC2)ccn1. The van der Waals surface area contributed by atoms with Gasteiger partial charge >= 0.3 is 0 Å². The van der Waals surface area contributed by atoms with Crippen molar-refractivity contribution in [2.24, 2.45) is 5.41 Å². The van der Waals surface area contributed by atoms with E-state index in [0.29, 0.717) is 16.9 Å². The molecule has 0 aromatic carbocycles. The van der Waals surface area contributed by atoms with E-state index in [0.717, 1.165) is 0 Å². The smallest absolute Gasteiger partial charge is 0.255 e. The number of carbonyl (C=O) groups excluding carboxylic acids is 2. The monoisotopic (exact) mass is 417 g/mol. The number of hydrogen-bond acceptors (Lipinski definition) is 5. The standard InChI is InChI=1S/C21H25F2N5O2/c1-20(2,3)19(30)27-17-12-14(4-9-25-17)18(29)26-15-13-24-8-5-16(15)28-10-6-21(22,23)7-11-28/h4-5,8-9,12-13H,6-7,10-11H2,1-3H3,(H,26,29)(H,25,27,30). The van der Waals surface area contributed by atoms with E-state index >= 15 is 0 Å². The van der Waals surface area contributed by atoms with Gasteiger partial charge in [0.2, 0.25) is 5.91 Å². The highest BCUT2D eigenvalue weighted by atomic mass is 19.3. The molecule has 9 heteroatoms. The van der Waals surface area contributed by atoms with Crippen molar-refractivity contribution in [3.05, 3.63) is 42.4 Å². The summed E-state index contributed by atoms with van der Waals surface area (Å²) < 4.78 is 27.0. The quantitative estimate of drug-likeness (QED) is 0.787. The highest BCUT2D eigenvalue weighted by Crippen LogP contribution is 2.33. The molecule has 0 spiro atoms. The van der Waals surface area contributed by atoms with Crippen molar-refractivity contribution in [2.45, 2.75) is 39.5 Å². The fourth-order valence-corrected chi connectivity index (χ4v) is 2.97. The Morgan fingerprint density at radius 3 is 2.47 bits per heavy atom. The van der Waals surface area contributed by atoms with Gasteiger partial charge in [0.25, 0.3) is 11.8 Å². The van der Waals surface area contributed by atoms with E-state index in [1.165, 1.54) is 24.5 Å². The molecule has 0 saturated carbocycles. The highest BCUT2D eigenvalue weighted by molar-refractivity contribution is 6.06. The van der Waals surface area contributed by atoms with Crippen LogP contribution in [0.25, 0.3) is 0 Å². The first kappa shape index (κ1) is 21.6. The van der Waals surface area contributed by atoms with Crippen LogP contribution in [0, 0.1) is 5.41 Å². The minimum atomic E-state index is -2.65. The molecule has 30 heavy (non-hydrogen) atoms. The van der Waals surface area contributed by atoms with Crippen LogP contribution in [0.15, 0.2) is 36.8 Å². The number of nitrogens with one attached hydrogen (secondary N) is 2. The van der Waals surface area contributed by atoms with Crippen LogP contribution in [-0.4, -0.2) is 40.8 Å². The Morgan fingerprint density at radius 1 is 1.10 bits per heavy atom.